The molecule has 1 atom stereocenters. The van der Waals surface area contributed by atoms with Crippen LogP contribution in [0.2, 0.25) is 5.02 Å². The maximum atomic E-state index is 12.8. The van der Waals surface area contributed by atoms with Crippen LogP contribution in [0.3, 0.4) is 0 Å². The van der Waals surface area contributed by atoms with E-state index in [1.54, 1.807) is 55.5 Å². The van der Waals surface area contributed by atoms with Gasteiger partial charge in [-0.15, -0.1) is 11.3 Å². The molecule has 0 spiro atoms. The number of primary amides is 1. The number of amides is 3. The second-order valence-electron chi connectivity index (χ2n) is 8.30. The van der Waals surface area contributed by atoms with E-state index in [2.05, 4.69) is 15.8 Å². The summed E-state index contributed by atoms with van der Waals surface area (Å²) in [5.41, 5.74) is 10.6. The molecule has 2 aromatic carbocycles. The lowest BCUT2D eigenvalue weighted by atomic mass is 9.95. The molecule has 3 amide bonds. The van der Waals surface area contributed by atoms with Gasteiger partial charge in [0.15, 0.2) is 6.10 Å². The zero-order valence-corrected chi connectivity index (χ0v) is 21.1. The summed E-state index contributed by atoms with van der Waals surface area (Å²) in [6.45, 7) is 1.59. The third-order valence-corrected chi connectivity index (χ3v) is 7.16. The number of carbonyl (C=O) groups excluding carboxylic acids is 3. The molecule has 4 rings (SSSR count). The van der Waals surface area contributed by atoms with Gasteiger partial charge >= 0.3 is 0 Å². The predicted molar refractivity (Wildman–Crippen MR) is 141 cm³/mol. The van der Waals surface area contributed by atoms with E-state index >= 15 is 0 Å². The highest BCUT2D eigenvalue weighted by Gasteiger charge is 2.25. The van der Waals surface area contributed by atoms with Crippen molar-refractivity contribution in [2.75, 3.05) is 5.32 Å². The number of fused-ring (bicyclic) bond motifs is 1. The molecule has 1 aliphatic rings. The van der Waals surface area contributed by atoms with Crippen LogP contribution < -0.4 is 21.2 Å². The normalized spacial score (nSPS) is 13.6. The summed E-state index contributed by atoms with van der Waals surface area (Å²) >= 11 is 7.26. The number of rotatable bonds is 8. The van der Waals surface area contributed by atoms with Crippen LogP contribution in [-0.2, 0) is 17.6 Å². The number of nitrogens with zero attached hydrogens (tertiary/aromatic N) is 1. The number of nitrogens with two attached hydrogens (primary N) is 1. The molecule has 1 unspecified atom stereocenters. The number of nitrogens with one attached hydrogen (secondary N) is 2. The maximum absolute atomic E-state index is 12.8. The number of carbonyl (C=O) groups is 3. The predicted octanol–water partition coefficient (Wildman–Crippen LogP) is 4.55. The standard InChI is InChI=1S/C26H25ClN4O4S/c1-15(24(33)31-29-14-16-6-10-18(27)11-7-16)35-19-12-8-17(9-13-19)25(34)30-26-22(23(28)32)20-4-2-3-5-21(20)36-26/h6-15H,2-5H2,1H3,(H2,28,32)(H,30,34)(H,31,33)/b29-14+. The van der Waals surface area contributed by atoms with Crippen molar-refractivity contribution in [3.05, 3.63) is 80.7 Å². The molecule has 8 nitrogen and oxygen atoms in total. The van der Waals surface area contributed by atoms with Gasteiger partial charge in [-0.05, 0) is 80.1 Å². The molecule has 0 radical (unpaired) electrons. The van der Waals surface area contributed by atoms with Crippen molar-refractivity contribution in [3.8, 4) is 5.75 Å². The minimum absolute atomic E-state index is 0.357. The molecule has 3 aromatic rings. The first-order valence-corrected chi connectivity index (χ1v) is 12.6. The lowest BCUT2D eigenvalue weighted by Crippen LogP contribution is -2.33. The van der Waals surface area contributed by atoms with Gasteiger partial charge < -0.3 is 15.8 Å². The Morgan fingerprint density at radius 2 is 1.78 bits per heavy atom. The van der Waals surface area contributed by atoms with Gasteiger partial charge in [-0.1, -0.05) is 23.7 Å². The van der Waals surface area contributed by atoms with E-state index in [9.17, 15) is 14.4 Å². The number of benzene rings is 2. The van der Waals surface area contributed by atoms with Crippen molar-refractivity contribution in [2.45, 2.75) is 38.7 Å². The molecule has 36 heavy (non-hydrogen) atoms. The number of hydrogen-bond acceptors (Lipinski definition) is 6. The van der Waals surface area contributed by atoms with E-state index in [1.807, 2.05) is 0 Å². The number of anilines is 1. The summed E-state index contributed by atoms with van der Waals surface area (Å²) in [5, 5.41) is 7.86. The molecular weight excluding hydrogens is 500 g/mol. The largest absolute Gasteiger partial charge is 0.481 e. The van der Waals surface area contributed by atoms with Crippen LogP contribution in [-0.4, -0.2) is 30.0 Å². The molecule has 0 fully saturated rings. The summed E-state index contributed by atoms with van der Waals surface area (Å²) in [7, 11) is 0. The van der Waals surface area contributed by atoms with Crippen molar-refractivity contribution in [3.63, 3.8) is 0 Å². The van der Waals surface area contributed by atoms with E-state index in [-0.39, 0.29) is 5.91 Å². The zero-order chi connectivity index (χ0) is 25.7. The average Bonchev–Trinajstić information content (AvgIpc) is 3.23. The highest BCUT2D eigenvalue weighted by molar-refractivity contribution is 7.17. The van der Waals surface area contributed by atoms with Crippen LogP contribution in [0, 0.1) is 0 Å². The van der Waals surface area contributed by atoms with E-state index in [4.69, 9.17) is 22.1 Å². The van der Waals surface area contributed by atoms with E-state index in [0.29, 0.717) is 26.9 Å². The first-order chi connectivity index (χ1) is 17.3. The van der Waals surface area contributed by atoms with Gasteiger partial charge in [-0.25, -0.2) is 5.43 Å². The molecule has 0 saturated heterocycles. The smallest absolute Gasteiger partial charge is 0.280 e. The van der Waals surface area contributed by atoms with Gasteiger partial charge in [0.2, 0.25) is 0 Å². The Labute approximate surface area is 217 Å². The van der Waals surface area contributed by atoms with Crippen molar-refractivity contribution in [1.29, 1.82) is 0 Å². The molecule has 186 valence electrons. The molecule has 1 heterocycles. The fourth-order valence-electron chi connectivity index (χ4n) is 3.84. The first-order valence-electron chi connectivity index (χ1n) is 11.4. The third-order valence-electron chi connectivity index (χ3n) is 5.70. The Morgan fingerprint density at radius 3 is 2.47 bits per heavy atom. The van der Waals surface area contributed by atoms with Gasteiger partial charge in [0.1, 0.15) is 10.8 Å². The van der Waals surface area contributed by atoms with Crippen molar-refractivity contribution < 1.29 is 19.1 Å². The summed E-state index contributed by atoms with van der Waals surface area (Å²) in [4.78, 5) is 38.2. The minimum atomic E-state index is -0.817. The SMILES string of the molecule is CC(Oc1ccc(C(=O)Nc2sc3c(c2C(N)=O)CCCC3)cc1)C(=O)N/N=C/c1ccc(Cl)cc1. The van der Waals surface area contributed by atoms with Gasteiger partial charge in [-0.3, -0.25) is 14.4 Å². The highest BCUT2D eigenvalue weighted by atomic mass is 35.5. The summed E-state index contributed by atoms with van der Waals surface area (Å²) < 4.78 is 5.66. The van der Waals surface area contributed by atoms with E-state index < -0.39 is 17.9 Å². The van der Waals surface area contributed by atoms with Crippen LogP contribution in [0.5, 0.6) is 5.75 Å². The van der Waals surface area contributed by atoms with Gasteiger partial charge in [0.05, 0.1) is 11.8 Å². The van der Waals surface area contributed by atoms with Gasteiger partial charge in [-0.2, -0.15) is 5.10 Å². The van der Waals surface area contributed by atoms with Crippen LogP contribution in [0.1, 0.15) is 56.5 Å². The Kier molecular flexibility index (Phi) is 8.02. The fourth-order valence-corrected chi connectivity index (χ4v) is 5.26. The number of aryl methyl sites for hydroxylation is 1. The second kappa shape index (κ2) is 11.4. The lowest BCUT2D eigenvalue weighted by Gasteiger charge is -2.13. The zero-order valence-electron chi connectivity index (χ0n) is 19.5. The number of hydrogen-bond donors (Lipinski definition) is 3. The van der Waals surface area contributed by atoms with E-state index in [0.717, 1.165) is 41.7 Å². The molecular formula is C26H25ClN4O4S. The quantitative estimate of drug-likeness (QED) is 0.295. The van der Waals surface area contributed by atoms with Gasteiger partial charge in [0, 0.05) is 15.5 Å². The summed E-state index contributed by atoms with van der Waals surface area (Å²) in [6, 6.07) is 13.4. The molecule has 4 N–H and O–H groups in total. The molecule has 1 aliphatic carbocycles. The maximum Gasteiger partial charge on any atom is 0.280 e. The second-order valence-corrected chi connectivity index (χ2v) is 9.85. The lowest BCUT2D eigenvalue weighted by molar-refractivity contribution is -0.127. The molecule has 10 heteroatoms. The van der Waals surface area contributed by atoms with E-state index in [1.165, 1.54) is 17.6 Å². The van der Waals surface area contributed by atoms with Crippen molar-refractivity contribution >= 4 is 51.9 Å². The first kappa shape index (κ1) is 25.4. The summed E-state index contributed by atoms with van der Waals surface area (Å²) in [6.07, 6.45) is 4.44. The Morgan fingerprint density at radius 1 is 1.08 bits per heavy atom. The minimum Gasteiger partial charge on any atom is -0.481 e. The Bertz CT molecular complexity index is 1300. The van der Waals surface area contributed by atoms with Crippen LogP contribution in [0.25, 0.3) is 0 Å². The number of hydrazone groups is 1. The summed E-state index contributed by atoms with van der Waals surface area (Å²) in [5.74, 6) is -0.897. The molecule has 0 aliphatic heterocycles. The van der Waals surface area contributed by atoms with Crippen molar-refractivity contribution in [2.24, 2.45) is 10.8 Å². The third kappa shape index (κ3) is 6.10. The molecule has 1 aromatic heterocycles. The molecule has 0 saturated carbocycles. The fraction of sp³-hybridized carbons (Fsp3) is 0.231. The highest BCUT2D eigenvalue weighted by Crippen LogP contribution is 2.38. The Balaban J connectivity index is 1.34. The Hall–Kier alpha value is -3.69. The topological polar surface area (TPSA) is 123 Å². The number of ether oxygens (including phenoxy) is 1. The number of halogens is 1. The van der Waals surface area contributed by atoms with Crippen LogP contribution >= 0.6 is 22.9 Å². The van der Waals surface area contributed by atoms with Crippen LogP contribution in [0.4, 0.5) is 5.00 Å². The van der Waals surface area contributed by atoms with Crippen molar-refractivity contribution in [1.82, 2.24) is 5.43 Å². The number of thiophene rings is 1. The monoisotopic (exact) mass is 524 g/mol. The van der Waals surface area contributed by atoms with Crippen LogP contribution in [0.15, 0.2) is 53.6 Å². The molecule has 0 bridgehead atoms. The van der Waals surface area contributed by atoms with Gasteiger partial charge in [0.25, 0.3) is 17.7 Å². The average molecular weight is 525 g/mol.